The zero-order valence-electron chi connectivity index (χ0n) is 15.8. The van der Waals surface area contributed by atoms with Gasteiger partial charge >= 0.3 is 5.97 Å². The first-order chi connectivity index (χ1) is 14.2. The fourth-order valence-corrected chi connectivity index (χ4v) is 3.36. The molecule has 1 aliphatic heterocycles. The fraction of sp³-hybridized carbons (Fsp3) is 0.273. The van der Waals surface area contributed by atoms with Gasteiger partial charge in [-0.05, 0) is 25.0 Å². The van der Waals surface area contributed by atoms with Crippen molar-refractivity contribution in [2.75, 3.05) is 18.0 Å². The van der Waals surface area contributed by atoms with Crippen LogP contribution in [-0.4, -0.2) is 29.2 Å². The fourth-order valence-electron chi connectivity index (χ4n) is 3.36. The monoisotopic (exact) mass is 388 g/mol. The third-order valence-corrected chi connectivity index (χ3v) is 5.01. The van der Waals surface area contributed by atoms with Crippen molar-refractivity contribution in [3.63, 3.8) is 0 Å². The molecule has 0 atom stereocenters. The predicted molar refractivity (Wildman–Crippen MR) is 106 cm³/mol. The van der Waals surface area contributed by atoms with Gasteiger partial charge in [-0.2, -0.15) is 5.26 Å². The molecule has 3 heterocycles. The van der Waals surface area contributed by atoms with Crippen LogP contribution in [0.4, 0.5) is 5.82 Å². The largest absolute Gasteiger partial charge is 0.459 e. The Morgan fingerprint density at radius 2 is 2.00 bits per heavy atom. The van der Waals surface area contributed by atoms with Crippen molar-refractivity contribution < 1.29 is 14.1 Å². The molecule has 0 spiro atoms. The molecule has 4 rings (SSSR count). The molecule has 2 aromatic heterocycles. The van der Waals surface area contributed by atoms with E-state index in [9.17, 15) is 4.79 Å². The molecule has 0 amide bonds. The van der Waals surface area contributed by atoms with Crippen LogP contribution in [0.15, 0.2) is 59.3 Å². The van der Waals surface area contributed by atoms with Crippen molar-refractivity contribution >= 4 is 11.8 Å². The third kappa shape index (κ3) is 4.43. The molecule has 29 heavy (non-hydrogen) atoms. The van der Waals surface area contributed by atoms with Crippen molar-refractivity contribution in [3.8, 4) is 17.4 Å². The van der Waals surface area contributed by atoms with Crippen LogP contribution in [0.3, 0.4) is 0 Å². The molecule has 1 fully saturated rings. The molecule has 0 N–H and O–H groups in total. The predicted octanol–water partition coefficient (Wildman–Crippen LogP) is 3.57. The number of esters is 1. The van der Waals surface area contributed by atoms with Crippen LogP contribution >= 0.6 is 0 Å². The minimum absolute atomic E-state index is 0.104. The summed E-state index contributed by atoms with van der Waals surface area (Å²) in [4.78, 5) is 18.9. The van der Waals surface area contributed by atoms with E-state index >= 15 is 0 Å². The van der Waals surface area contributed by atoms with E-state index < -0.39 is 0 Å². The van der Waals surface area contributed by atoms with Gasteiger partial charge in [0.05, 0.1) is 11.5 Å². The minimum atomic E-state index is -0.207. The number of piperidine rings is 1. The molecule has 1 aliphatic rings. The zero-order valence-corrected chi connectivity index (χ0v) is 15.8. The number of carbonyl (C=O) groups excluding carboxylic acids is 1. The maximum absolute atomic E-state index is 12.4. The molecule has 146 valence electrons. The second kappa shape index (κ2) is 8.57. The van der Waals surface area contributed by atoms with Gasteiger partial charge in [0.25, 0.3) is 0 Å². The Morgan fingerprint density at radius 1 is 1.21 bits per heavy atom. The van der Waals surface area contributed by atoms with E-state index in [0.29, 0.717) is 29.9 Å². The van der Waals surface area contributed by atoms with Gasteiger partial charge in [0.2, 0.25) is 0 Å². The summed E-state index contributed by atoms with van der Waals surface area (Å²) in [5.41, 5.74) is 2.06. The van der Waals surface area contributed by atoms with Crippen LogP contribution in [0.5, 0.6) is 0 Å². The Morgan fingerprint density at radius 3 is 2.69 bits per heavy atom. The van der Waals surface area contributed by atoms with Crippen LogP contribution in [0.1, 0.15) is 24.1 Å². The molecular formula is C22H20N4O3. The molecule has 7 heteroatoms. The van der Waals surface area contributed by atoms with Crippen LogP contribution in [0.2, 0.25) is 0 Å². The van der Waals surface area contributed by atoms with Gasteiger partial charge in [0, 0.05) is 30.9 Å². The van der Waals surface area contributed by atoms with Crippen molar-refractivity contribution in [2.45, 2.75) is 19.4 Å². The summed E-state index contributed by atoms with van der Waals surface area (Å²) < 4.78 is 10.8. The van der Waals surface area contributed by atoms with Crippen molar-refractivity contribution in [2.24, 2.45) is 5.92 Å². The van der Waals surface area contributed by atoms with Gasteiger partial charge in [-0.1, -0.05) is 35.5 Å². The van der Waals surface area contributed by atoms with Crippen LogP contribution in [0.25, 0.3) is 11.3 Å². The smallest absolute Gasteiger partial charge is 0.309 e. The Labute approximate surface area is 168 Å². The first kappa shape index (κ1) is 18.7. The number of hydrogen-bond donors (Lipinski definition) is 0. The van der Waals surface area contributed by atoms with Gasteiger partial charge < -0.3 is 14.2 Å². The van der Waals surface area contributed by atoms with E-state index in [2.05, 4.69) is 21.1 Å². The van der Waals surface area contributed by atoms with Gasteiger partial charge in [-0.25, -0.2) is 4.98 Å². The molecule has 3 aromatic rings. The van der Waals surface area contributed by atoms with E-state index in [-0.39, 0.29) is 18.5 Å². The lowest BCUT2D eigenvalue weighted by Gasteiger charge is -2.31. The lowest BCUT2D eigenvalue weighted by molar-refractivity contribution is -0.150. The number of ether oxygens (including phenoxy) is 1. The summed E-state index contributed by atoms with van der Waals surface area (Å²) in [6.07, 6.45) is 2.97. The van der Waals surface area contributed by atoms with E-state index in [1.54, 1.807) is 18.3 Å². The third-order valence-electron chi connectivity index (χ3n) is 5.01. The van der Waals surface area contributed by atoms with Crippen molar-refractivity contribution in [3.05, 3.63) is 66.0 Å². The average Bonchev–Trinajstić information content (AvgIpc) is 3.27. The van der Waals surface area contributed by atoms with E-state index in [1.807, 2.05) is 36.4 Å². The first-order valence-electron chi connectivity index (χ1n) is 9.51. The lowest BCUT2D eigenvalue weighted by Crippen LogP contribution is -2.37. The molecule has 0 bridgehead atoms. The van der Waals surface area contributed by atoms with Gasteiger partial charge in [0.1, 0.15) is 24.2 Å². The van der Waals surface area contributed by atoms with Gasteiger partial charge in [0.15, 0.2) is 5.76 Å². The Balaban J connectivity index is 1.27. The SMILES string of the molecule is N#Cc1ccc(N2CCC(C(=O)OCc3cc(-c4ccccc4)on3)CC2)nc1. The number of aromatic nitrogens is 2. The highest BCUT2D eigenvalue weighted by Gasteiger charge is 2.27. The quantitative estimate of drug-likeness (QED) is 0.617. The number of rotatable bonds is 5. The topological polar surface area (TPSA) is 92.2 Å². The first-order valence-corrected chi connectivity index (χ1v) is 9.51. The van der Waals surface area contributed by atoms with Crippen LogP contribution in [0, 0.1) is 17.2 Å². The summed E-state index contributed by atoms with van der Waals surface area (Å²) >= 11 is 0. The van der Waals surface area contributed by atoms with E-state index in [0.717, 1.165) is 24.5 Å². The van der Waals surface area contributed by atoms with Crippen LogP contribution in [-0.2, 0) is 16.1 Å². The second-order valence-electron chi connectivity index (χ2n) is 6.93. The highest BCUT2D eigenvalue weighted by Crippen LogP contribution is 2.24. The summed E-state index contributed by atoms with van der Waals surface area (Å²) in [5, 5.41) is 12.8. The second-order valence-corrected chi connectivity index (χ2v) is 6.93. The van der Waals surface area contributed by atoms with Crippen LogP contribution < -0.4 is 4.90 Å². The molecule has 0 saturated carbocycles. The summed E-state index contributed by atoms with van der Waals surface area (Å²) in [6.45, 7) is 1.55. The average molecular weight is 388 g/mol. The Bertz CT molecular complexity index is 1000. The maximum Gasteiger partial charge on any atom is 0.309 e. The molecule has 0 aliphatic carbocycles. The standard InChI is InChI=1S/C22H20N4O3/c23-13-16-6-7-21(24-14-16)26-10-8-18(9-11-26)22(27)28-15-19-12-20(29-25-19)17-4-2-1-3-5-17/h1-7,12,14,18H,8-11,15H2. The zero-order chi connectivity index (χ0) is 20.1. The summed E-state index contributed by atoms with van der Waals surface area (Å²) in [5.74, 6) is 1.14. The minimum Gasteiger partial charge on any atom is -0.459 e. The number of hydrogen-bond acceptors (Lipinski definition) is 7. The highest BCUT2D eigenvalue weighted by molar-refractivity contribution is 5.73. The molecule has 0 unspecified atom stereocenters. The summed E-state index contributed by atoms with van der Waals surface area (Å²) in [7, 11) is 0. The van der Waals surface area contributed by atoms with Gasteiger partial charge in [-0.3, -0.25) is 4.79 Å². The molecular weight excluding hydrogens is 368 g/mol. The molecule has 1 aromatic carbocycles. The number of nitriles is 1. The molecule has 0 radical (unpaired) electrons. The Kier molecular flexibility index (Phi) is 5.52. The molecule has 7 nitrogen and oxygen atoms in total. The van der Waals surface area contributed by atoms with E-state index in [1.165, 1.54) is 0 Å². The number of carbonyl (C=O) groups is 1. The number of anilines is 1. The molecule has 1 saturated heterocycles. The number of nitrogens with zero attached hydrogens (tertiary/aromatic N) is 4. The Hall–Kier alpha value is -3.66. The maximum atomic E-state index is 12.4. The number of benzene rings is 1. The normalized spacial score (nSPS) is 14.4. The number of pyridine rings is 1. The van der Waals surface area contributed by atoms with Gasteiger partial charge in [-0.15, -0.1) is 0 Å². The lowest BCUT2D eigenvalue weighted by atomic mass is 9.97. The summed E-state index contributed by atoms with van der Waals surface area (Å²) in [6, 6.07) is 17.1. The van der Waals surface area contributed by atoms with Crippen molar-refractivity contribution in [1.29, 1.82) is 5.26 Å². The van der Waals surface area contributed by atoms with Crippen molar-refractivity contribution in [1.82, 2.24) is 10.1 Å². The van der Waals surface area contributed by atoms with E-state index in [4.69, 9.17) is 14.5 Å². The highest BCUT2D eigenvalue weighted by atomic mass is 16.5.